The molecule has 1 amide bonds. The maximum Gasteiger partial charge on any atom is 0.228 e. The molecule has 0 aromatic rings. The quantitative estimate of drug-likeness (QED) is 0.859. The van der Waals surface area contributed by atoms with Gasteiger partial charge in [-0.25, -0.2) is 0 Å². The molecule has 0 aromatic heterocycles. The van der Waals surface area contributed by atoms with Crippen LogP contribution < -0.4 is 0 Å². The highest BCUT2D eigenvalue weighted by atomic mass is 16.5. The van der Waals surface area contributed by atoms with Crippen molar-refractivity contribution >= 4 is 5.91 Å². The minimum atomic E-state index is -0.270. The summed E-state index contributed by atoms with van der Waals surface area (Å²) in [5.41, 5.74) is -0.270. The van der Waals surface area contributed by atoms with Crippen molar-refractivity contribution in [2.24, 2.45) is 17.3 Å². The molecule has 2 fully saturated rings. The molecular formula is C16H29NO3. The Labute approximate surface area is 122 Å². The molecule has 4 heteroatoms. The molecule has 0 saturated carbocycles. The Hall–Kier alpha value is -0.610. The van der Waals surface area contributed by atoms with Gasteiger partial charge in [0.25, 0.3) is 0 Å². The maximum absolute atomic E-state index is 12.7. The monoisotopic (exact) mass is 283 g/mol. The molecule has 2 aliphatic rings. The molecule has 0 spiro atoms. The first-order valence-electron chi connectivity index (χ1n) is 8.01. The first-order valence-corrected chi connectivity index (χ1v) is 8.01. The highest BCUT2D eigenvalue weighted by molar-refractivity contribution is 5.82. The minimum absolute atomic E-state index is 0.257. The van der Waals surface area contributed by atoms with Crippen LogP contribution in [0.5, 0.6) is 0 Å². The summed E-state index contributed by atoms with van der Waals surface area (Å²) in [6, 6.07) is 0. The predicted molar refractivity (Wildman–Crippen MR) is 78.3 cm³/mol. The fourth-order valence-electron chi connectivity index (χ4n) is 3.51. The van der Waals surface area contributed by atoms with Crippen LogP contribution in [0.15, 0.2) is 0 Å². The van der Waals surface area contributed by atoms with E-state index in [1.54, 1.807) is 0 Å². The van der Waals surface area contributed by atoms with Crippen molar-refractivity contribution in [1.82, 2.24) is 4.90 Å². The number of amides is 1. The molecule has 0 aliphatic carbocycles. The zero-order valence-corrected chi connectivity index (χ0v) is 12.9. The van der Waals surface area contributed by atoms with E-state index < -0.39 is 0 Å². The molecule has 20 heavy (non-hydrogen) atoms. The third-order valence-corrected chi connectivity index (χ3v) is 4.88. The van der Waals surface area contributed by atoms with Crippen molar-refractivity contribution in [1.29, 1.82) is 0 Å². The summed E-state index contributed by atoms with van der Waals surface area (Å²) in [5, 5.41) is 9.18. The average molecular weight is 283 g/mol. The lowest BCUT2D eigenvalue weighted by Crippen LogP contribution is -2.46. The van der Waals surface area contributed by atoms with Crippen LogP contribution in [-0.2, 0) is 9.53 Å². The van der Waals surface area contributed by atoms with Crippen molar-refractivity contribution in [3.05, 3.63) is 0 Å². The van der Waals surface area contributed by atoms with Gasteiger partial charge in [0, 0.05) is 38.3 Å². The van der Waals surface area contributed by atoms with E-state index in [1.807, 2.05) is 4.90 Å². The first kappa shape index (κ1) is 15.8. The Balaban J connectivity index is 1.86. The third kappa shape index (κ3) is 3.95. The molecule has 2 heterocycles. The molecule has 0 aromatic carbocycles. The number of aliphatic hydroxyl groups excluding tert-OH is 1. The molecule has 2 rings (SSSR count). The molecule has 0 unspecified atom stereocenters. The van der Waals surface area contributed by atoms with E-state index in [0.29, 0.717) is 17.7 Å². The Morgan fingerprint density at radius 3 is 2.30 bits per heavy atom. The second-order valence-electron chi connectivity index (χ2n) is 7.06. The number of hydrogen-bond acceptors (Lipinski definition) is 3. The van der Waals surface area contributed by atoms with E-state index in [0.717, 1.165) is 58.4 Å². The van der Waals surface area contributed by atoms with Crippen molar-refractivity contribution in [2.45, 2.75) is 46.0 Å². The van der Waals surface area contributed by atoms with Gasteiger partial charge in [0.05, 0.1) is 0 Å². The van der Waals surface area contributed by atoms with Gasteiger partial charge in [-0.15, -0.1) is 0 Å². The lowest BCUT2D eigenvalue weighted by atomic mass is 9.78. The second-order valence-corrected chi connectivity index (χ2v) is 7.06. The van der Waals surface area contributed by atoms with E-state index in [4.69, 9.17) is 4.74 Å². The van der Waals surface area contributed by atoms with E-state index >= 15 is 0 Å². The number of rotatable bonds is 4. The van der Waals surface area contributed by atoms with Crippen molar-refractivity contribution in [3.63, 3.8) is 0 Å². The van der Waals surface area contributed by atoms with Gasteiger partial charge in [-0.2, -0.15) is 0 Å². The Kier molecular flexibility index (Phi) is 5.44. The normalized spacial score (nSPS) is 23.1. The summed E-state index contributed by atoms with van der Waals surface area (Å²) in [6.45, 7) is 7.73. The molecule has 2 aliphatic heterocycles. The highest BCUT2D eigenvalue weighted by Crippen LogP contribution is 2.33. The summed E-state index contributed by atoms with van der Waals surface area (Å²) in [6.07, 6.45) is 5.02. The van der Waals surface area contributed by atoms with Gasteiger partial charge in [0.15, 0.2) is 0 Å². The van der Waals surface area contributed by atoms with Crippen molar-refractivity contribution < 1.29 is 14.6 Å². The van der Waals surface area contributed by atoms with Gasteiger partial charge in [0.1, 0.15) is 0 Å². The molecular weight excluding hydrogens is 254 g/mol. The molecule has 116 valence electrons. The van der Waals surface area contributed by atoms with Crippen LogP contribution in [0.3, 0.4) is 0 Å². The fourth-order valence-corrected chi connectivity index (χ4v) is 3.51. The standard InChI is InChI=1S/C16H29NO3/c1-16(2,11-13-5-9-20-10-6-13)15(19)17-7-3-14(12-18)4-8-17/h13-14,18H,3-12H2,1-2H3. The van der Waals surface area contributed by atoms with Crippen LogP contribution in [0, 0.1) is 17.3 Å². The van der Waals surface area contributed by atoms with Gasteiger partial charge in [-0.05, 0) is 43.9 Å². The van der Waals surface area contributed by atoms with Crippen molar-refractivity contribution in [2.75, 3.05) is 32.9 Å². The molecule has 2 saturated heterocycles. The number of likely N-dealkylation sites (tertiary alicyclic amines) is 1. The fraction of sp³-hybridized carbons (Fsp3) is 0.938. The largest absolute Gasteiger partial charge is 0.396 e. The summed E-state index contributed by atoms with van der Waals surface area (Å²) in [5.74, 6) is 1.30. The number of carbonyl (C=O) groups excluding carboxylic acids is 1. The minimum Gasteiger partial charge on any atom is -0.396 e. The van der Waals surface area contributed by atoms with Crippen LogP contribution in [0.1, 0.15) is 46.0 Å². The zero-order chi connectivity index (χ0) is 14.6. The van der Waals surface area contributed by atoms with Crippen LogP contribution in [0.25, 0.3) is 0 Å². The number of ether oxygens (including phenoxy) is 1. The number of aliphatic hydroxyl groups is 1. The average Bonchev–Trinajstić information content (AvgIpc) is 2.47. The number of hydrogen-bond donors (Lipinski definition) is 1. The lowest BCUT2D eigenvalue weighted by Gasteiger charge is -2.38. The van der Waals surface area contributed by atoms with Crippen LogP contribution >= 0.6 is 0 Å². The van der Waals surface area contributed by atoms with E-state index in [-0.39, 0.29) is 12.0 Å². The summed E-state index contributed by atoms with van der Waals surface area (Å²) >= 11 is 0. The van der Waals surface area contributed by atoms with Crippen LogP contribution in [0.2, 0.25) is 0 Å². The zero-order valence-electron chi connectivity index (χ0n) is 12.9. The molecule has 4 nitrogen and oxygen atoms in total. The van der Waals surface area contributed by atoms with Crippen LogP contribution in [0.4, 0.5) is 0 Å². The van der Waals surface area contributed by atoms with E-state index in [9.17, 15) is 9.90 Å². The predicted octanol–water partition coefficient (Wildman–Crippen LogP) is 2.06. The van der Waals surface area contributed by atoms with Crippen molar-refractivity contribution in [3.8, 4) is 0 Å². The van der Waals surface area contributed by atoms with Gasteiger partial charge < -0.3 is 14.7 Å². The molecule has 1 N–H and O–H groups in total. The first-order chi connectivity index (χ1) is 9.53. The molecule has 0 atom stereocenters. The highest BCUT2D eigenvalue weighted by Gasteiger charge is 2.36. The SMILES string of the molecule is CC(C)(CC1CCOCC1)C(=O)N1CCC(CO)CC1. The number of carbonyl (C=O) groups is 1. The summed E-state index contributed by atoms with van der Waals surface area (Å²) < 4.78 is 5.40. The maximum atomic E-state index is 12.7. The lowest BCUT2D eigenvalue weighted by molar-refractivity contribution is -0.143. The summed E-state index contributed by atoms with van der Waals surface area (Å²) in [4.78, 5) is 14.7. The molecule has 0 radical (unpaired) electrons. The van der Waals surface area contributed by atoms with E-state index in [2.05, 4.69) is 13.8 Å². The Morgan fingerprint density at radius 2 is 1.75 bits per heavy atom. The van der Waals surface area contributed by atoms with Gasteiger partial charge in [0.2, 0.25) is 5.91 Å². The smallest absolute Gasteiger partial charge is 0.228 e. The van der Waals surface area contributed by atoms with Gasteiger partial charge in [-0.1, -0.05) is 13.8 Å². The van der Waals surface area contributed by atoms with Crippen LogP contribution in [-0.4, -0.2) is 48.8 Å². The number of piperidine rings is 1. The van der Waals surface area contributed by atoms with Gasteiger partial charge >= 0.3 is 0 Å². The van der Waals surface area contributed by atoms with E-state index in [1.165, 1.54) is 0 Å². The summed E-state index contributed by atoms with van der Waals surface area (Å²) in [7, 11) is 0. The van der Waals surface area contributed by atoms with Gasteiger partial charge in [-0.3, -0.25) is 4.79 Å². The number of nitrogens with zero attached hydrogens (tertiary/aromatic N) is 1. The second kappa shape index (κ2) is 6.90. The third-order valence-electron chi connectivity index (χ3n) is 4.88. The molecule has 0 bridgehead atoms. The topological polar surface area (TPSA) is 49.8 Å². The Morgan fingerprint density at radius 1 is 1.15 bits per heavy atom. The Bertz CT molecular complexity index is 316.